The van der Waals surface area contributed by atoms with Gasteiger partial charge in [0.1, 0.15) is 18.1 Å². The van der Waals surface area contributed by atoms with E-state index in [4.69, 9.17) is 5.11 Å². The monoisotopic (exact) mass is 259 g/mol. The molecule has 0 bridgehead atoms. The smallest absolute Gasteiger partial charge is 0.316 e. The number of aromatic nitrogens is 3. The Kier molecular flexibility index (Phi) is 3.16. The molecule has 6 nitrogen and oxygen atoms in total. The summed E-state index contributed by atoms with van der Waals surface area (Å²) in [5.74, 6) is -1.57. The molecule has 6 heteroatoms. The lowest BCUT2D eigenvalue weighted by Crippen LogP contribution is -2.33. The molecule has 0 atom stereocenters. The molecule has 19 heavy (non-hydrogen) atoms. The third-order valence-corrected chi connectivity index (χ3v) is 2.92. The predicted molar refractivity (Wildman–Crippen MR) is 67.1 cm³/mol. The van der Waals surface area contributed by atoms with Crippen molar-refractivity contribution in [1.82, 2.24) is 14.8 Å². The van der Waals surface area contributed by atoms with Gasteiger partial charge in [-0.3, -0.25) is 9.59 Å². The molecule has 1 aromatic heterocycles. The first-order valence-corrected chi connectivity index (χ1v) is 5.66. The Bertz CT molecular complexity index is 601. The summed E-state index contributed by atoms with van der Waals surface area (Å²) in [6, 6.07) is 6.56. The van der Waals surface area contributed by atoms with Crippen LogP contribution in [0.15, 0.2) is 36.9 Å². The molecule has 0 unspecified atom stereocenters. The third-order valence-electron chi connectivity index (χ3n) is 2.92. The predicted octanol–water partition coefficient (Wildman–Crippen LogP) is 1.56. The number of benzene rings is 1. The normalized spacial score (nSPS) is 11.3. The molecule has 0 spiro atoms. The van der Waals surface area contributed by atoms with E-state index in [0.29, 0.717) is 5.56 Å². The number of hydrogen-bond acceptors (Lipinski definition) is 4. The lowest BCUT2D eigenvalue weighted by Gasteiger charge is -2.17. The summed E-state index contributed by atoms with van der Waals surface area (Å²) < 4.78 is 1.55. The van der Waals surface area contributed by atoms with Crippen LogP contribution in [0.1, 0.15) is 24.2 Å². The van der Waals surface area contributed by atoms with Crippen LogP contribution in [0.3, 0.4) is 0 Å². The topological polar surface area (TPSA) is 85.1 Å². The highest BCUT2D eigenvalue weighted by molar-refractivity contribution is 6.11. The van der Waals surface area contributed by atoms with Crippen LogP contribution in [0, 0.1) is 5.41 Å². The van der Waals surface area contributed by atoms with Crippen molar-refractivity contribution in [2.75, 3.05) is 0 Å². The van der Waals surface area contributed by atoms with E-state index in [1.54, 1.807) is 28.9 Å². The van der Waals surface area contributed by atoms with Gasteiger partial charge in [-0.25, -0.2) is 9.67 Å². The van der Waals surface area contributed by atoms with E-state index >= 15 is 0 Å². The zero-order chi connectivity index (χ0) is 14.0. The minimum absolute atomic E-state index is 0.358. The molecule has 1 aromatic carbocycles. The Hall–Kier alpha value is -2.50. The highest BCUT2D eigenvalue weighted by atomic mass is 16.4. The van der Waals surface area contributed by atoms with Gasteiger partial charge in [-0.1, -0.05) is 0 Å². The average molecular weight is 259 g/mol. The van der Waals surface area contributed by atoms with Crippen molar-refractivity contribution >= 4 is 11.8 Å². The van der Waals surface area contributed by atoms with Crippen molar-refractivity contribution < 1.29 is 14.7 Å². The van der Waals surface area contributed by atoms with Gasteiger partial charge in [0, 0.05) is 5.56 Å². The van der Waals surface area contributed by atoms with Gasteiger partial charge < -0.3 is 5.11 Å². The van der Waals surface area contributed by atoms with E-state index in [9.17, 15) is 9.59 Å². The number of carboxylic acid groups (broad SMARTS) is 1. The van der Waals surface area contributed by atoms with Gasteiger partial charge >= 0.3 is 5.97 Å². The van der Waals surface area contributed by atoms with Gasteiger partial charge in [0.2, 0.25) is 0 Å². The van der Waals surface area contributed by atoms with Crippen molar-refractivity contribution in [1.29, 1.82) is 0 Å². The van der Waals surface area contributed by atoms with Gasteiger partial charge in [-0.15, -0.1) is 0 Å². The summed E-state index contributed by atoms with van der Waals surface area (Å²) >= 11 is 0. The number of Topliss-reactive ketones (excluding diaryl/α,β-unsaturated/α-hetero) is 1. The van der Waals surface area contributed by atoms with Crippen LogP contribution < -0.4 is 0 Å². The lowest BCUT2D eigenvalue weighted by atomic mass is 9.84. The fourth-order valence-corrected chi connectivity index (χ4v) is 1.57. The number of ketones is 1. The van der Waals surface area contributed by atoms with E-state index in [0.717, 1.165) is 5.69 Å². The fourth-order valence-electron chi connectivity index (χ4n) is 1.57. The standard InChI is InChI=1S/C13H13N3O3/c1-13(2,12(18)19)11(17)9-3-5-10(6-4-9)16-8-14-7-15-16/h3-8H,1-2H3,(H,18,19). The SMILES string of the molecule is CC(C)(C(=O)O)C(=O)c1ccc(-n2cncn2)cc1. The number of aliphatic carboxylic acids is 1. The van der Waals surface area contributed by atoms with Crippen LogP contribution in [0.4, 0.5) is 0 Å². The molecule has 98 valence electrons. The molecule has 1 heterocycles. The molecule has 2 rings (SSSR count). The number of carboxylic acids is 1. The number of hydrogen-bond donors (Lipinski definition) is 1. The number of nitrogens with zero attached hydrogens (tertiary/aromatic N) is 3. The van der Waals surface area contributed by atoms with Crippen molar-refractivity contribution in [3.63, 3.8) is 0 Å². The van der Waals surface area contributed by atoms with Crippen molar-refractivity contribution in [3.05, 3.63) is 42.5 Å². The molecule has 0 radical (unpaired) electrons. The van der Waals surface area contributed by atoms with E-state index in [1.807, 2.05) is 0 Å². The second-order valence-corrected chi connectivity index (χ2v) is 4.65. The summed E-state index contributed by atoms with van der Waals surface area (Å²) in [5.41, 5.74) is -0.326. The molecular formula is C13H13N3O3. The van der Waals surface area contributed by atoms with Gasteiger partial charge in [-0.2, -0.15) is 5.10 Å². The van der Waals surface area contributed by atoms with Crippen LogP contribution in [0.2, 0.25) is 0 Å². The Morgan fingerprint density at radius 1 is 1.21 bits per heavy atom. The largest absolute Gasteiger partial charge is 0.481 e. The van der Waals surface area contributed by atoms with Gasteiger partial charge in [0.15, 0.2) is 5.78 Å². The molecule has 2 aromatic rings. The van der Waals surface area contributed by atoms with Gasteiger partial charge in [-0.05, 0) is 38.1 Å². The van der Waals surface area contributed by atoms with Crippen molar-refractivity contribution in [2.24, 2.45) is 5.41 Å². The highest BCUT2D eigenvalue weighted by Crippen LogP contribution is 2.22. The van der Waals surface area contributed by atoms with E-state index in [-0.39, 0.29) is 0 Å². The molecule has 0 amide bonds. The maximum Gasteiger partial charge on any atom is 0.316 e. The maximum absolute atomic E-state index is 12.1. The molecule has 0 saturated carbocycles. The van der Waals surface area contributed by atoms with Crippen LogP contribution in [-0.4, -0.2) is 31.6 Å². The Labute approximate surface area is 109 Å². The first-order chi connectivity index (χ1) is 8.93. The van der Waals surface area contributed by atoms with Gasteiger partial charge in [0.05, 0.1) is 5.69 Å². The molecule has 1 N–H and O–H groups in total. The van der Waals surface area contributed by atoms with Crippen LogP contribution in [0.25, 0.3) is 5.69 Å². The number of carbonyl (C=O) groups excluding carboxylic acids is 1. The quantitative estimate of drug-likeness (QED) is 0.665. The van der Waals surface area contributed by atoms with Gasteiger partial charge in [0.25, 0.3) is 0 Å². The van der Waals surface area contributed by atoms with E-state index in [1.165, 1.54) is 26.5 Å². The summed E-state index contributed by atoms with van der Waals surface area (Å²) in [5, 5.41) is 13.0. The summed E-state index contributed by atoms with van der Waals surface area (Å²) in [4.78, 5) is 27.0. The third kappa shape index (κ3) is 2.37. The fraction of sp³-hybridized carbons (Fsp3) is 0.231. The number of carbonyl (C=O) groups is 2. The van der Waals surface area contributed by atoms with E-state index in [2.05, 4.69) is 10.1 Å². The summed E-state index contributed by atoms with van der Waals surface area (Å²) in [6.45, 7) is 2.78. The molecule has 0 aliphatic rings. The second-order valence-electron chi connectivity index (χ2n) is 4.65. The average Bonchev–Trinajstić information content (AvgIpc) is 2.91. The van der Waals surface area contributed by atoms with Crippen LogP contribution >= 0.6 is 0 Å². The zero-order valence-electron chi connectivity index (χ0n) is 10.6. The molecule has 0 aliphatic heterocycles. The first-order valence-electron chi connectivity index (χ1n) is 5.66. The molecule has 0 saturated heterocycles. The molecule has 0 fully saturated rings. The molecule has 0 aliphatic carbocycles. The number of rotatable bonds is 4. The Morgan fingerprint density at radius 2 is 1.84 bits per heavy atom. The second kappa shape index (κ2) is 4.64. The van der Waals surface area contributed by atoms with Crippen molar-refractivity contribution in [2.45, 2.75) is 13.8 Å². The highest BCUT2D eigenvalue weighted by Gasteiger charge is 2.36. The maximum atomic E-state index is 12.1. The Balaban J connectivity index is 2.29. The van der Waals surface area contributed by atoms with Crippen LogP contribution in [0.5, 0.6) is 0 Å². The van der Waals surface area contributed by atoms with E-state index < -0.39 is 17.2 Å². The lowest BCUT2D eigenvalue weighted by molar-refractivity contribution is -0.144. The van der Waals surface area contributed by atoms with Crippen LogP contribution in [-0.2, 0) is 4.79 Å². The molecular weight excluding hydrogens is 246 g/mol. The zero-order valence-corrected chi connectivity index (χ0v) is 10.6. The summed E-state index contributed by atoms with van der Waals surface area (Å²) in [7, 11) is 0. The minimum atomic E-state index is -1.44. The summed E-state index contributed by atoms with van der Waals surface area (Å²) in [6.07, 6.45) is 2.95. The minimum Gasteiger partial charge on any atom is -0.481 e. The van der Waals surface area contributed by atoms with Crippen molar-refractivity contribution in [3.8, 4) is 5.69 Å². The Morgan fingerprint density at radius 3 is 2.32 bits per heavy atom. The first kappa shape index (κ1) is 12.9.